The van der Waals surface area contributed by atoms with Gasteiger partial charge < -0.3 is 15.0 Å². The molecule has 3 radical (unpaired) electrons. The van der Waals surface area contributed by atoms with Crippen molar-refractivity contribution in [2.75, 3.05) is 26.7 Å². The Labute approximate surface area is 261 Å². The minimum Gasteiger partial charge on any atom is -0.493 e. The molecule has 43 heavy (non-hydrogen) atoms. The molecule has 1 aliphatic carbocycles. The van der Waals surface area contributed by atoms with E-state index in [1.807, 2.05) is 48.7 Å². The van der Waals surface area contributed by atoms with Gasteiger partial charge in [0, 0.05) is 39.0 Å². The number of aryl methyl sites for hydroxylation is 1. The van der Waals surface area contributed by atoms with Crippen molar-refractivity contribution in [2.45, 2.75) is 69.3 Å². The van der Waals surface area contributed by atoms with Crippen LogP contribution >= 0.6 is 11.3 Å². The fourth-order valence-corrected chi connectivity index (χ4v) is 8.34. The number of fused-ring (bicyclic) bond motifs is 1. The van der Waals surface area contributed by atoms with Gasteiger partial charge in [-0.1, -0.05) is 12.1 Å². The molecule has 1 amide bonds. The van der Waals surface area contributed by atoms with Crippen molar-refractivity contribution in [2.24, 2.45) is 0 Å². The van der Waals surface area contributed by atoms with E-state index in [4.69, 9.17) is 9.72 Å². The molecule has 3 atom stereocenters. The quantitative estimate of drug-likeness (QED) is 0.223. The first-order valence-corrected chi connectivity index (χ1v) is 17.0. The molecule has 1 N–H and O–H groups in total. The monoisotopic (exact) mass is 607 g/mol. The summed E-state index contributed by atoms with van der Waals surface area (Å²) in [5, 5.41) is 4.56. The Hall–Kier alpha value is -3.04. The van der Waals surface area contributed by atoms with E-state index < -0.39 is 5.54 Å². The van der Waals surface area contributed by atoms with Crippen LogP contribution in [0.1, 0.15) is 71.4 Å². The Bertz CT molecular complexity index is 1660. The molecule has 2 aliphatic heterocycles. The molecular formula is C35H39N4O2SSi. The maximum Gasteiger partial charge on any atom is 0.252 e. The van der Waals surface area contributed by atoms with Crippen molar-refractivity contribution in [1.82, 2.24) is 20.1 Å². The fourth-order valence-electron chi connectivity index (χ4n) is 6.70. The van der Waals surface area contributed by atoms with Gasteiger partial charge >= 0.3 is 0 Å². The first-order valence-electron chi connectivity index (χ1n) is 15.6. The normalized spacial score (nSPS) is 21.3. The number of carbonyl (C=O) groups excluding carboxylic acids is 1. The van der Waals surface area contributed by atoms with Crippen molar-refractivity contribution in [1.29, 1.82) is 0 Å². The van der Waals surface area contributed by atoms with E-state index in [9.17, 15) is 4.79 Å². The van der Waals surface area contributed by atoms with Gasteiger partial charge in [0.15, 0.2) is 0 Å². The molecule has 2 aromatic carbocycles. The van der Waals surface area contributed by atoms with Crippen molar-refractivity contribution < 1.29 is 9.53 Å². The lowest BCUT2D eigenvalue weighted by atomic mass is 9.95. The third-order valence-electron chi connectivity index (χ3n) is 9.76. The molecule has 6 nitrogen and oxygen atoms in total. The molecule has 2 aromatic heterocycles. The van der Waals surface area contributed by atoms with Crippen LogP contribution in [0.25, 0.3) is 21.3 Å². The standard InChI is InChI=1S/C35H39N4O2SSi/c1-22-8-9-25(41-34(43)30-12-18-38(30)3)21-27(22)33(40)37-35(13-14-35)28-19-24(20-29-26(28)7-6-15-36-29)32-11-10-31(42-32)23(2)39-16-4-5-17-39/h6-11,15,19-21,23,30,34H,4-5,12-14,16-18H2,1-3H3,(H,37,40)/t23?,30-,34-/m0/s1. The summed E-state index contributed by atoms with van der Waals surface area (Å²) in [5.74, 6) is 0.640. The number of hydrogen-bond donors (Lipinski definition) is 1. The number of carbonyl (C=O) groups is 1. The summed E-state index contributed by atoms with van der Waals surface area (Å²) < 4.78 is 6.22. The number of likely N-dealkylation sites (N-methyl/N-ethyl adjacent to an activating group) is 1. The molecule has 3 aliphatic rings. The zero-order valence-electron chi connectivity index (χ0n) is 25.2. The van der Waals surface area contributed by atoms with E-state index in [1.54, 1.807) is 0 Å². The average molecular weight is 608 g/mol. The second-order valence-electron chi connectivity index (χ2n) is 12.6. The average Bonchev–Trinajstić information content (AvgIpc) is 3.37. The minimum absolute atomic E-state index is 0.0630. The van der Waals surface area contributed by atoms with Crippen LogP contribution in [-0.2, 0) is 5.54 Å². The second kappa shape index (κ2) is 11.5. The lowest BCUT2D eigenvalue weighted by molar-refractivity contribution is 0.0562. The van der Waals surface area contributed by atoms with Crippen molar-refractivity contribution >= 4 is 38.4 Å². The van der Waals surface area contributed by atoms with Crippen molar-refractivity contribution in [3.8, 4) is 16.2 Å². The molecule has 4 heterocycles. The maximum absolute atomic E-state index is 13.9. The Morgan fingerprint density at radius 1 is 1.12 bits per heavy atom. The van der Waals surface area contributed by atoms with Crippen LogP contribution in [0, 0.1) is 6.92 Å². The molecule has 2 saturated heterocycles. The van der Waals surface area contributed by atoms with Crippen molar-refractivity contribution in [3.63, 3.8) is 0 Å². The van der Waals surface area contributed by atoms with Crippen LogP contribution in [0.2, 0.25) is 0 Å². The Morgan fingerprint density at radius 3 is 2.65 bits per heavy atom. The lowest BCUT2D eigenvalue weighted by Crippen LogP contribution is -2.53. The zero-order chi connectivity index (χ0) is 29.7. The highest BCUT2D eigenvalue weighted by molar-refractivity contribution is 7.15. The Kier molecular flexibility index (Phi) is 7.66. The summed E-state index contributed by atoms with van der Waals surface area (Å²) in [6.45, 7) is 7.76. The fraction of sp³-hybridized carbons (Fsp3) is 0.429. The van der Waals surface area contributed by atoms with Crippen LogP contribution in [0.5, 0.6) is 5.75 Å². The Balaban J connectivity index is 1.16. The number of thiophene rings is 1. The summed E-state index contributed by atoms with van der Waals surface area (Å²) in [5.41, 5.74) is 4.35. The molecule has 1 saturated carbocycles. The molecule has 1 unspecified atom stereocenters. The van der Waals surface area contributed by atoms with E-state index in [-0.39, 0.29) is 11.6 Å². The molecule has 0 bridgehead atoms. The predicted octanol–water partition coefficient (Wildman–Crippen LogP) is 6.43. The molecular weight excluding hydrogens is 569 g/mol. The van der Waals surface area contributed by atoms with Crippen LogP contribution in [0.3, 0.4) is 0 Å². The van der Waals surface area contributed by atoms with Gasteiger partial charge in [-0.2, -0.15) is 0 Å². The van der Waals surface area contributed by atoms with Crippen LogP contribution in [-0.4, -0.2) is 69.4 Å². The van der Waals surface area contributed by atoms with Crippen LogP contribution < -0.4 is 10.1 Å². The number of benzene rings is 2. The largest absolute Gasteiger partial charge is 0.493 e. The third kappa shape index (κ3) is 5.55. The highest BCUT2D eigenvalue weighted by Crippen LogP contribution is 2.49. The smallest absolute Gasteiger partial charge is 0.252 e. The van der Waals surface area contributed by atoms with Gasteiger partial charge in [0.25, 0.3) is 5.91 Å². The molecule has 8 heteroatoms. The molecule has 221 valence electrons. The number of nitrogens with one attached hydrogen (secondary N) is 1. The maximum atomic E-state index is 13.9. The summed E-state index contributed by atoms with van der Waals surface area (Å²) in [7, 11) is 5.87. The second-order valence-corrected chi connectivity index (χ2v) is 14.3. The van der Waals surface area contributed by atoms with E-state index in [0.717, 1.165) is 47.8 Å². The summed E-state index contributed by atoms with van der Waals surface area (Å²) in [6, 6.07) is 19.8. The van der Waals surface area contributed by atoms with E-state index in [1.165, 1.54) is 41.2 Å². The van der Waals surface area contributed by atoms with Gasteiger partial charge in [-0.3, -0.25) is 14.7 Å². The first-order chi connectivity index (χ1) is 20.8. The van der Waals surface area contributed by atoms with Gasteiger partial charge in [-0.25, -0.2) is 0 Å². The van der Waals surface area contributed by atoms with Crippen molar-refractivity contribution in [3.05, 3.63) is 82.4 Å². The molecule has 7 rings (SSSR count). The SMILES string of the molecule is Cc1ccc(O[C@@H]([Si])[C@@H]2CCN2C)cc1C(=O)NC1(c2cc(-c3ccc(C(C)N4CCCC4)s3)cc3ncccc23)CC1. The Morgan fingerprint density at radius 2 is 1.93 bits per heavy atom. The van der Waals surface area contributed by atoms with Gasteiger partial charge in [-0.05, 0) is 132 Å². The third-order valence-corrected chi connectivity index (χ3v) is 11.6. The van der Waals surface area contributed by atoms with Gasteiger partial charge in [0.1, 0.15) is 5.75 Å². The topological polar surface area (TPSA) is 57.7 Å². The zero-order valence-corrected chi connectivity index (χ0v) is 27.0. The number of nitrogens with zero attached hydrogens (tertiary/aromatic N) is 3. The highest BCUT2D eigenvalue weighted by Gasteiger charge is 2.47. The number of amides is 1. The number of pyridine rings is 1. The number of aromatic nitrogens is 1. The number of ether oxygens (including phenoxy) is 1. The molecule has 0 spiro atoms. The minimum atomic E-state index is -0.410. The molecule has 4 aromatic rings. The van der Waals surface area contributed by atoms with Crippen LogP contribution in [0.4, 0.5) is 0 Å². The first kappa shape index (κ1) is 28.7. The summed E-state index contributed by atoms with van der Waals surface area (Å²) in [4.78, 5) is 26.1. The van der Waals surface area contributed by atoms with Gasteiger partial charge in [-0.15, -0.1) is 11.3 Å². The number of likely N-dealkylation sites (tertiary alicyclic amines) is 2. The van der Waals surface area contributed by atoms with Gasteiger partial charge in [0.2, 0.25) is 0 Å². The van der Waals surface area contributed by atoms with Crippen LogP contribution in [0.15, 0.2) is 60.8 Å². The summed E-state index contributed by atoms with van der Waals surface area (Å²) in [6.07, 6.45) is 7.35. The van der Waals surface area contributed by atoms with E-state index >= 15 is 0 Å². The predicted molar refractivity (Wildman–Crippen MR) is 175 cm³/mol. The molecule has 3 fully saturated rings. The summed E-state index contributed by atoms with van der Waals surface area (Å²) >= 11 is 1.88. The number of rotatable bonds is 9. The number of hydrogen-bond acceptors (Lipinski definition) is 6. The van der Waals surface area contributed by atoms with E-state index in [0.29, 0.717) is 23.4 Å². The van der Waals surface area contributed by atoms with E-state index in [2.05, 4.69) is 69.7 Å². The van der Waals surface area contributed by atoms with Gasteiger partial charge in [0.05, 0.1) is 27.0 Å². The lowest BCUT2D eigenvalue weighted by Gasteiger charge is -2.41. The highest BCUT2D eigenvalue weighted by atomic mass is 32.1.